The summed E-state index contributed by atoms with van der Waals surface area (Å²) in [5.41, 5.74) is 3.44. The molecule has 0 saturated heterocycles. The molecule has 7 heteroatoms. The highest BCUT2D eigenvalue weighted by molar-refractivity contribution is 7.99. The van der Waals surface area contributed by atoms with E-state index >= 15 is 0 Å². The highest BCUT2D eigenvalue weighted by Gasteiger charge is 2.20. The van der Waals surface area contributed by atoms with Crippen molar-refractivity contribution in [1.82, 2.24) is 20.1 Å². The summed E-state index contributed by atoms with van der Waals surface area (Å²) in [6.07, 6.45) is 0. The van der Waals surface area contributed by atoms with Gasteiger partial charge in [-0.1, -0.05) is 103 Å². The van der Waals surface area contributed by atoms with Gasteiger partial charge in [-0.15, -0.1) is 10.2 Å². The fraction of sp³-hybridized carbons (Fsp3) is 0.0690. The van der Waals surface area contributed by atoms with E-state index < -0.39 is 0 Å². The van der Waals surface area contributed by atoms with Crippen LogP contribution in [-0.4, -0.2) is 26.4 Å². The molecule has 1 N–H and O–H groups in total. The third-order valence-electron chi connectivity index (χ3n) is 5.63. The van der Waals surface area contributed by atoms with E-state index in [1.165, 1.54) is 23.9 Å². The lowest BCUT2D eigenvalue weighted by molar-refractivity contribution is -0.119. The van der Waals surface area contributed by atoms with Crippen LogP contribution in [0.1, 0.15) is 17.2 Å². The topological polar surface area (TPSA) is 59.8 Å². The number of para-hydroxylation sites is 1. The van der Waals surface area contributed by atoms with Crippen LogP contribution in [0.4, 0.5) is 4.39 Å². The molecule has 0 aliphatic heterocycles. The van der Waals surface area contributed by atoms with Crippen molar-refractivity contribution in [3.63, 3.8) is 0 Å². The SMILES string of the molecule is O=C(CSc1nnc(-c2cccc(F)c2)n1-c1ccccc1)NC(c1ccccc1)c1ccccc1. The average Bonchev–Trinajstić information content (AvgIpc) is 3.36. The summed E-state index contributed by atoms with van der Waals surface area (Å²) < 4.78 is 15.8. The first-order chi connectivity index (χ1) is 17.7. The van der Waals surface area contributed by atoms with Crippen molar-refractivity contribution in [2.75, 3.05) is 5.75 Å². The number of hydrogen-bond donors (Lipinski definition) is 1. The average molecular weight is 495 g/mol. The molecule has 4 aromatic carbocycles. The number of carbonyl (C=O) groups is 1. The van der Waals surface area contributed by atoms with Crippen LogP contribution in [0.5, 0.6) is 0 Å². The van der Waals surface area contributed by atoms with Crippen molar-refractivity contribution >= 4 is 17.7 Å². The van der Waals surface area contributed by atoms with Crippen LogP contribution in [0.2, 0.25) is 0 Å². The molecular weight excluding hydrogens is 471 g/mol. The molecule has 0 fully saturated rings. The highest BCUT2D eigenvalue weighted by Crippen LogP contribution is 2.29. The minimum atomic E-state index is -0.350. The molecule has 1 amide bonds. The lowest BCUT2D eigenvalue weighted by atomic mass is 9.99. The number of halogens is 1. The van der Waals surface area contributed by atoms with E-state index in [1.807, 2.05) is 95.6 Å². The van der Waals surface area contributed by atoms with Gasteiger partial charge in [0.1, 0.15) is 5.82 Å². The number of nitrogens with zero attached hydrogens (tertiary/aromatic N) is 3. The van der Waals surface area contributed by atoms with E-state index in [-0.39, 0.29) is 23.5 Å². The van der Waals surface area contributed by atoms with Gasteiger partial charge in [0, 0.05) is 11.3 Å². The van der Waals surface area contributed by atoms with Crippen molar-refractivity contribution in [1.29, 1.82) is 0 Å². The van der Waals surface area contributed by atoms with E-state index in [1.54, 1.807) is 12.1 Å². The number of carbonyl (C=O) groups excluding carboxylic acids is 1. The number of aromatic nitrogens is 3. The molecule has 1 heterocycles. The fourth-order valence-corrected chi connectivity index (χ4v) is 4.73. The molecule has 0 atom stereocenters. The van der Waals surface area contributed by atoms with Crippen LogP contribution in [0.25, 0.3) is 17.1 Å². The molecule has 5 aromatic rings. The van der Waals surface area contributed by atoms with Crippen molar-refractivity contribution in [3.8, 4) is 17.1 Å². The number of amides is 1. The van der Waals surface area contributed by atoms with Gasteiger partial charge in [-0.05, 0) is 35.4 Å². The standard InChI is InChI=1S/C29H23FN4OS/c30-24-16-10-15-23(19-24)28-32-33-29(34(28)25-17-8-3-9-18-25)36-20-26(35)31-27(21-11-4-1-5-12-21)22-13-6-2-7-14-22/h1-19,27H,20H2,(H,31,35). The molecule has 0 aliphatic carbocycles. The summed E-state index contributed by atoms with van der Waals surface area (Å²) in [4.78, 5) is 13.1. The Morgan fingerprint density at radius 2 is 1.42 bits per heavy atom. The van der Waals surface area contributed by atoms with Crippen molar-refractivity contribution in [2.24, 2.45) is 0 Å². The fourth-order valence-electron chi connectivity index (χ4n) is 3.97. The van der Waals surface area contributed by atoms with Crippen LogP contribution in [0.3, 0.4) is 0 Å². The third kappa shape index (κ3) is 5.37. The van der Waals surface area contributed by atoms with Crippen LogP contribution >= 0.6 is 11.8 Å². The molecule has 0 bridgehead atoms. The smallest absolute Gasteiger partial charge is 0.231 e. The minimum Gasteiger partial charge on any atom is -0.344 e. The highest BCUT2D eigenvalue weighted by atomic mass is 32.2. The molecule has 0 saturated carbocycles. The Kier molecular flexibility index (Phi) is 7.19. The Labute approximate surface area is 213 Å². The summed E-state index contributed by atoms with van der Waals surface area (Å²) in [5, 5.41) is 12.4. The Balaban J connectivity index is 1.39. The van der Waals surface area contributed by atoms with Crippen molar-refractivity contribution in [2.45, 2.75) is 11.2 Å². The van der Waals surface area contributed by atoms with E-state index in [0.717, 1.165) is 16.8 Å². The van der Waals surface area contributed by atoms with Gasteiger partial charge >= 0.3 is 0 Å². The summed E-state index contributed by atoms with van der Waals surface area (Å²) in [7, 11) is 0. The lowest BCUT2D eigenvalue weighted by Crippen LogP contribution is -2.30. The normalized spacial score (nSPS) is 10.9. The number of thioether (sulfide) groups is 1. The number of hydrogen-bond acceptors (Lipinski definition) is 4. The Bertz CT molecular complexity index is 1400. The predicted octanol–water partition coefficient (Wildman–Crippen LogP) is 6.07. The maximum Gasteiger partial charge on any atom is 0.231 e. The zero-order chi connectivity index (χ0) is 24.7. The molecule has 0 aliphatic rings. The maximum absolute atomic E-state index is 13.9. The van der Waals surface area contributed by atoms with Crippen molar-refractivity contribution < 1.29 is 9.18 Å². The molecular formula is C29H23FN4OS. The van der Waals surface area contributed by atoms with E-state index in [4.69, 9.17) is 0 Å². The first-order valence-electron chi connectivity index (χ1n) is 11.5. The summed E-state index contributed by atoms with van der Waals surface area (Å²) in [6.45, 7) is 0. The van der Waals surface area contributed by atoms with Crippen LogP contribution in [0.15, 0.2) is 120 Å². The number of nitrogens with one attached hydrogen (secondary N) is 1. The molecule has 1 aromatic heterocycles. The second-order valence-corrected chi connectivity index (χ2v) is 9.04. The Hall–Kier alpha value is -4.23. The van der Waals surface area contributed by atoms with E-state index in [2.05, 4.69) is 15.5 Å². The maximum atomic E-state index is 13.9. The first-order valence-corrected chi connectivity index (χ1v) is 12.5. The predicted molar refractivity (Wildman–Crippen MR) is 140 cm³/mol. The van der Waals surface area contributed by atoms with Gasteiger partial charge in [-0.3, -0.25) is 9.36 Å². The molecule has 0 unspecified atom stereocenters. The Morgan fingerprint density at radius 1 is 0.806 bits per heavy atom. The van der Waals surface area contributed by atoms with Gasteiger partial charge in [-0.2, -0.15) is 0 Å². The van der Waals surface area contributed by atoms with Crippen molar-refractivity contribution in [3.05, 3.63) is 132 Å². The van der Waals surface area contributed by atoms with Gasteiger partial charge in [-0.25, -0.2) is 4.39 Å². The van der Waals surface area contributed by atoms with E-state index in [9.17, 15) is 9.18 Å². The number of benzene rings is 4. The zero-order valence-corrected chi connectivity index (χ0v) is 20.1. The molecule has 36 heavy (non-hydrogen) atoms. The summed E-state index contributed by atoms with van der Waals surface area (Å²) in [6, 6.07) is 35.3. The first kappa shape index (κ1) is 23.5. The largest absolute Gasteiger partial charge is 0.344 e. The number of rotatable bonds is 8. The Morgan fingerprint density at radius 3 is 2.03 bits per heavy atom. The molecule has 5 rings (SSSR count). The molecule has 0 radical (unpaired) electrons. The van der Waals surface area contributed by atoms with Crippen LogP contribution in [-0.2, 0) is 4.79 Å². The third-order valence-corrected chi connectivity index (χ3v) is 6.56. The monoisotopic (exact) mass is 494 g/mol. The van der Waals surface area contributed by atoms with Gasteiger partial charge in [0.2, 0.25) is 5.91 Å². The zero-order valence-electron chi connectivity index (χ0n) is 19.3. The molecule has 0 spiro atoms. The lowest BCUT2D eigenvalue weighted by Gasteiger charge is -2.20. The molecule has 178 valence electrons. The second-order valence-electron chi connectivity index (χ2n) is 8.10. The minimum absolute atomic E-state index is 0.132. The van der Waals surface area contributed by atoms with Gasteiger partial charge in [0.05, 0.1) is 11.8 Å². The second kappa shape index (κ2) is 11.0. The van der Waals surface area contributed by atoms with Gasteiger partial charge < -0.3 is 5.32 Å². The summed E-state index contributed by atoms with van der Waals surface area (Å²) >= 11 is 1.29. The van der Waals surface area contributed by atoms with Crippen LogP contribution in [0, 0.1) is 5.82 Å². The van der Waals surface area contributed by atoms with E-state index in [0.29, 0.717) is 16.5 Å². The molecule has 5 nitrogen and oxygen atoms in total. The quantitative estimate of drug-likeness (QED) is 0.266. The van der Waals surface area contributed by atoms with Crippen LogP contribution < -0.4 is 5.32 Å². The van der Waals surface area contributed by atoms with Gasteiger partial charge in [0.25, 0.3) is 0 Å². The van der Waals surface area contributed by atoms with Gasteiger partial charge in [0.15, 0.2) is 11.0 Å². The summed E-state index contributed by atoms with van der Waals surface area (Å²) in [5.74, 6) is 0.170.